The number of carbonyl (C=O) groups excluding carboxylic acids is 1. The SMILES string of the molecule is Cn1ccnc1Sc1ccc(Cl)cc1NC(=O)c1cc(F)ccc1Br. The lowest BCUT2D eigenvalue weighted by atomic mass is 10.2. The fraction of sp³-hybridized carbons (Fsp3) is 0.0588. The molecule has 0 atom stereocenters. The highest BCUT2D eigenvalue weighted by Gasteiger charge is 2.15. The molecule has 0 bridgehead atoms. The minimum atomic E-state index is -0.484. The Morgan fingerprint density at radius 2 is 2.12 bits per heavy atom. The lowest BCUT2D eigenvalue weighted by molar-refractivity contribution is 0.102. The van der Waals surface area contributed by atoms with Gasteiger partial charge in [0.15, 0.2) is 5.16 Å². The highest BCUT2D eigenvalue weighted by molar-refractivity contribution is 9.10. The van der Waals surface area contributed by atoms with Gasteiger partial charge in [-0.15, -0.1) is 0 Å². The second-order valence-electron chi connectivity index (χ2n) is 5.14. The fourth-order valence-electron chi connectivity index (χ4n) is 2.10. The number of halogens is 3. The summed E-state index contributed by atoms with van der Waals surface area (Å²) in [7, 11) is 1.88. The molecule has 0 saturated carbocycles. The van der Waals surface area contributed by atoms with Crippen LogP contribution in [-0.2, 0) is 7.05 Å². The number of nitrogens with zero attached hydrogens (tertiary/aromatic N) is 2. The Bertz CT molecular complexity index is 947. The van der Waals surface area contributed by atoms with Crippen LogP contribution in [0, 0.1) is 5.82 Å². The molecule has 0 unspecified atom stereocenters. The number of nitrogens with one attached hydrogen (secondary N) is 1. The third kappa shape index (κ3) is 4.23. The Hall–Kier alpha value is -1.83. The van der Waals surface area contributed by atoms with Crippen LogP contribution >= 0.6 is 39.3 Å². The van der Waals surface area contributed by atoms with E-state index in [9.17, 15) is 9.18 Å². The summed E-state index contributed by atoms with van der Waals surface area (Å²) in [5, 5.41) is 4.04. The van der Waals surface area contributed by atoms with E-state index in [1.54, 1.807) is 24.4 Å². The smallest absolute Gasteiger partial charge is 0.256 e. The summed E-state index contributed by atoms with van der Waals surface area (Å²) in [4.78, 5) is 17.6. The second kappa shape index (κ2) is 7.59. The molecule has 2 aromatic carbocycles. The van der Waals surface area contributed by atoms with E-state index in [1.807, 2.05) is 17.8 Å². The maximum atomic E-state index is 13.4. The summed E-state index contributed by atoms with van der Waals surface area (Å²) in [6, 6.07) is 9.14. The van der Waals surface area contributed by atoms with E-state index in [2.05, 4.69) is 26.2 Å². The average Bonchev–Trinajstić information content (AvgIpc) is 2.97. The van der Waals surface area contributed by atoms with Crippen molar-refractivity contribution in [1.29, 1.82) is 0 Å². The summed E-state index contributed by atoms with van der Waals surface area (Å²) in [5.74, 6) is -0.919. The zero-order valence-corrected chi connectivity index (χ0v) is 16.1. The van der Waals surface area contributed by atoms with Gasteiger partial charge in [-0.2, -0.15) is 0 Å². The Balaban J connectivity index is 1.91. The molecular formula is C17H12BrClFN3OS. The minimum Gasteiger partial charge on any atom is -0.329 e. The van der Waals surface area contributed by atoms with E-state index in [1.165, 1.54) is 30.0 Å². The minimum absolute atomic E-state index is 0.202. The molecule has 3 aromatic rings. The molecule has 3 rings (SSSR count). The molecule has 1 aromatic heterocycles. The van der Waals surface area contributed by atoms with Crippen molar-refractivity contribution in [3.05, 3.63) is 69.7 Å². The van der Waals surface area contributed by atoms with Gasteiger partial charge in [-0.1, -0.05) is 11.6 Å². The number of rotatable bonds is 4. The number of aromatic nitrogens is 2. The van der Waals surface area contributed by atoms with E-state index in [0.717, 1.165) is 10.1 Å². The van der Waals surface area contributed by atoms with Gasteiger partial charge in [0, 0.05) is 33.8 Å². The molecule has 0 spiro atoms. The number of hydrogen-bond acceptors (Lipinski definition) is 3. The zero-order valence-electron chi connectivity index (χ0n) is 13.0. The van der Waals surface area contributed by atoms with Crippen molar-refractivity contribution in [1.82, 2.24) is 9.55 Å². The first-order valence-electron chi connectivity index (χ1n) is 7.15. The summed E-state index contributed by atoms with van der Waals surface area (Å²) in [6.07, 6.45) is 3.53. The zero-order chi connectivity index (χ0) is 18.0. The Morgan fingerprint density at radius 1 is 1.32 bits per heavy atom. The van der Waals surface area contributed by atoms with Gasteiger partial charge in [-0.25, -0.2) is 9.37 Å². The van der Waals surface area contributed by atoms with Gasteiger partial charge in [0.25, 0.3) is 5.91 Å². The van der Waals surface area contributed by atoms with Gasteiger partial charge in [-0.05, 0) is 64.1 Å². The predicted molar refractivity (Wildman–Crippen MR) is 101 cm³/mol. The van der Waals surface area contributed by atoms with Crippen molar-refractivity contribution in [3.8, 4) is 0 Å². The van der Waals surface area contributed by atoms with Gasteiger partial charge in [-0.3, -0.25) is 4.79 Å². The lowest BCUT2D eigenvalue weighted by Gasteiger charge is -2.12. The normalized spacial score (nSPS) is 10.7. The fourth-order valence-corrected chi connectivity index (χ4v) is 3.57. The maximum absolute atomic E-state index is 13.4. The van der Waals surface area contributed by atoms with Crippen LogP contribution in [-0.4, -0.2) is 15.5 Å². The summed E-state index contributed by atoms with van der Waals surface area (Å²) in [6.45, 7) is 0. The third-order valence-electron chi connectivity index (χ3n) is 3.34. The first kappa shape index (κ1) is 18.0. The van der Waals surface area contributed by atoms with E-state index in [0.29, 0.717) is 15.2 Å². The summed E-state index contributed by atoms with van der Waals surface area (Å²) < 4.78 is 15.8. The highest BCUT2D eigenvalue weighted by Crippen LogP contribution is 2.34. The van der Waals surface area contributed by atoms with Crippen LogP contribution in [0.5, 0.6) is 0 Å². The monoisotopic (exact) mass is 439 g/mol. The van der Waals surface area contributed by atoms with Gasteiger partial charge < -0.3 is 9.88 Å². The van der Waals surface area contributed by atoms with Crippen LogP contribution < -0.4 is 5.32 Å². The van der Waals surface area contributed by atoms with Gasteiger partial charge in [0.1, 0.15) is 5.82 Å². The van der Waals surface area contributed by atoms with Crippen molar-refractivity contribution < 1.29 is 9.18 Å². The molecule has 0 aliphatic heterocycles. The molecule has 8 heteroatoms. The van der Waals surface area contributed by atoms with Crippen molar-refractivity contribution in [2.45, 2.75) is 10.1 Å². The van der Waals surface area contributed by atoms with Gasteiger partial charge in [0.05, 0.1) is 11.3 Å². The molecule has 1 amide bonds. The van der Waals surface area contributed by atoms with E-state index in [-0.39, 0.29) is 5.56 Å². The lowest BCUT2D eigenvalue weighted by Crippen LogP contribution is -2.13. The quantitative estimate of drug-likeness (QED) is 0.592. The van der Waals surface area contributed by atoms with Gasteiger partial charge >= 0.3 is 0 Å². The van der Waals surface area contributed by atoms with Crippen molar-refractivity contribution >= 4 is 50.9 Å². The summed E-state index contributed by atoms with van der Waals surface area (Å²) >= 11 is 10.7. The predicted octanol–water partition coefficient (Wildman–Crippen LogP) is 5.38. The van der Waals surface area contributed by atoms with Crippen LogP contribution in [0.1, 0.15) is 10.4 Å². The average molecular weight is 441 g/mol. The van der Waals surface area contributed by atoms with Gasteiger partial charge in [0.2, 0.25) is 0 Å². The number of carbonyl (C=O) groups is 1. The third-order valence-corrected chi connectivity index (χ3v) is 5.42. The Labute approximate surface area is 161 Å². The van der Waals surface area contributed by atoms with Crippen LogP contribution in [0.25, 0.3) is 0 Å². The topological polar surface area (TPSA) is 46.9 Å². The van der Waals surface area contributed by atoms with Crippen LogP contribution in [0.2, 0.25) is 5.02 Å². The molecule has 0 fully saturated rings. The van der Waals surface area contributed by atoms with E-state index >= 15 is 0 Å². The van der Waals surface area contributed by atoms with Crippen LogP contribution in [0.15, 0.2) is 63.3 Å². The molecule has 0 aliphatic carbocycles. The highest BCUT2D eigenvalue weighted by atomic mass is 79.9. The molecule has 0 saturated heterocycles. The molecule has 0 radical (unpaired) electrons. The second-order valence-corrected chi connectivity index (χ2v) is 7.44. The number of hydrogen-bond donors (Lipinski definition) is 1. The largest absolute Gasteiger partial charge is 0.329 e. The first-order valence-corrected chi connectivity index (χ1v) is 9.14. The molecule has 4 nitrogen and oxygen atoms in total. The number of anilines is 1. The van der Waals surface area contributed by atoms with Crippen LogP contribution in [0.4, 0.5) is 10.1 Å². The number of benzene rings is 2. The van der Waals surface area contributed by atoms with Crippen molar-refractivity contribution in [2.75, 3.05) is 5.32 Å². The standard InChI is InChI=1S/C17H12BrClFN3OS/c1-23-7-6-21-17(23)25-15-5-2-10(19)8-14(15)22-16(24)12-9-11(20)3-4-13(12)18/h2-9H,1H3,(H,22,24). The van der Waals surface area contributed by atoms with E-state index in [4.69, 9.17) is 11.6 Å². The molecule has 0 aliphatic rings. The Kier molecular flexibility index (Phi) is 5.46. The molecule has 1 heterocycles. The molecule has 25 heavy (non-hydrogen) atoms. The van der Waals surface area contributed by atoms with E-state index < -0.39 is 11.7 Å². The molecule has 1 N–H and O–H groups in total. The first-order chi connectivity index (χ1) is 11.9. The number of imidazole rings is 1. The Morgan fingerprint density at radius 3 is 2.84 bits per heavy atom. The van der Waals surface area contributed by atoms with Crippen molar-refractivity contribution in [2.24, 2.45) is 7.05 Å². The van der Waals surface area contributed by atoms with Crippen molar-refractivity contribution in [3.63, 3.8) is 0 Å². The maximum Gasteiger partial charge on any atom is 0.256 e. The van der Waals surface area contributed by atoms with Crippen LogP contribution in [0.3, 0.4) is 0 Å². The number of aryl methyl sites for hydroxylation is 1. The molecular weight excluding hydrogens is 429 g/mol. The summed E-state index contributed by atoms with van der Waals surface area (Å²) in [5.41, 5.74) is 0.731. The molecule has 128 valence electrons. The number of amides is 1.